The molecule has 0 aliphatic heterocycles. The van der Waals surface area contributed by atoms with E-state index in [1.54, 1.807) is 18.3 Å². The smallest absolute Gasteiger partial charge is 0.335 e. The number of benzene rings is 1. The van der Waals surface area contributed by atoms with E-state index in [2.05, 4.69) is 9.97 Å². The zero-order valence-electron chi connectivity index (χ0n) is 8.34. The fraction of sp³-hybridized carbons (Fsp3) is 0.0833. The van der Waals surface area contributed by atoms with Crippen molar-refractivity contribution in [1.82, 2.24) is 9.97 Å². The highest BCUT2D eigenvalue weighted by Gasteiger charge is 2.24. The number of nitrogens with zero attached hydrogens (tertiary/aromatic N) is 2. The Hall–Kier alpha value is -2.23. The van der Waals surface area contributed by atoms with Gasteiger partial charge in [0.25, 0.3) is 0 Å². The predicted molar refractivity (Wildman–Crippen MR) is 57.2 cm³/mol. The first-order valence-electron chi connectivity index (χ1n) is 4.92. The van der Waals surface area contributed by atoms with Gasteiger partial charge in [-0.2, -0.15) is 0 Å². The van der Waals surface area contributed by atoms with Crippen LogP contribution in [0.5, 0.6) is 0 Å². The van der Waals surface area contributed by atoms with Gasteiger partial charge in [-0.15, -0.1) is 0 Å². The Kier molecular flexibility index (Phi) is 1.77. The van der Waals surface area contributed by atoms with Gasteiger partial charge in [-0.25, -0.2) is 14.8 Å². The molecule has 2 aromatic rings. The van der Waals surface area contributed by atoms with Crippen molar-refractivity contribution in [1.29, 1.82) is 0 Å². The Bertz CT molecular complexity index is 593. The van der Waals surface area contributed by atoms with Gasteiger partial charge in [0.15, 0.2) is 0 Å². The third-order valence-corrected chi connectivity index (χ3v) is 2.82. The summed E-state index contributed by atoms with van der Waals surface area (Å²) in [5.74, 6) is -0.891. The molecule has 0 radical (unpaired) electrons. The number of rotatable bonds is 1. The minimum Gasteiger partial charge on any atom is -0.478 e. The first kappa shape index (κ1) is 9.03. The fourth-order valence-electron chi connectivity index (χ4n) is 2.12. The van der Waals surface area contributed by atoms with Crippen LogP contribution < -0.4 is 0 Å². The number of carbonyl (C=O) groups is 1. The van der Waals surface area contributed by atoms with Crippen molar-refractivity contribution in [2.45, 2.75) is 6.42 Å². The van der Waals surface area contributed by atoms with Crippen molar-refractivity contribution in [3.8, 4) is 11.3 Å². The number of fused-ring (bicyclic) bond motifs is 3. The van der Waals surface area contributed by atoms with E-state index in [4.69, 9.17) is 5.11 Å². The van der Waals surface area contributed by atoms with E-state index in [-0.39, 0.29) is 0 Å². The van der Waals surface area contributed by atoms with Crippen LogP contribution in [0, 0.1) is 0 Å². The summed E-state index contributed by atoms with van der Waals surface area (Å²) in [6.45, 7) is 0. The maximum Gasteiger partial charge on any atom is 0.335 e. The molecule has 4 nitrogen and oxygen atoms in total. The summed E-state index contributed by atoms with van der Waals surface area (Å²) >= 11 is 0. The fourth-order valence-corrected chi connectivity index (χ4v) is 2.12. The number of hydrogen-bond donors (Lipinski definition) is 1. The third-order valence-electron chi connectivity index (χ3n) is 2.82. The van der Waals surface area contributed by atoms with E-state index >= 15 is 0 Å². The van der Waals surface area contributed by atoms with Gasteiger partial charge in [0, 0.05) is 23.7 Å². The normalized spacial score (nSPS) is 12.0. The molecule has 3 rings (SSSR count). The van der Waals surface area contributed by atoms with Crippen LogP contribution in [0.2, 0.25) is 0 Å². The van der Waals surface area contributed by atoms with Crippen molar-refractivity contribution in [3.05, 3.63) is 47.4 Å². The summed E-state index contributed by atoms with van der Waals surface area (Å²) in [4.78, 5) is 19.2. The Morgan fingerprint density at radius 1 is 1.38 bits per heavy atom. The second kappa shape index (κ2) is 3.13. The van der Waals surface area contributed by atoms with Crippen LogP contribution in [-0.4, -0.2) is 21.0 Å². The van der Waals surface area contributed by atoms with Gasteiger partial charge in [0.1, 0.15) is 6.33 Å². The molecule has 1 aromatic heterocycles. The van der Waals surface area contributed by atoms with E-state index in [0.29, 0.717) is 12.0 Å². The third kappa shape index (κ3) is 1.13. The van der Waals surface area contributed by atoms with Crippen LogP contribution in [0.1, 0.15) is 21.5 Å². The lowest BCUT2D eigenvalue weighted by Gasteiger charge is -2.02. The molecule has 0 bridgehead atoms. The van der Waals surface area contributed by atoms with Gasteiger partial charge in [-0.3, -0.25) is 0 Å². The minimum atomic E-state index is -0.891. The van der Waals surface area contributed by atoms with Crippen molar-refractivity contribution < 1.29 is 9.90 Å². The Morgan fingerprint density at radius 3 is 3.06 bits per heavy atom. The average molecular weight is 212 g/mol. The lowest BCUT2D eigenvalue weighted by molar-refractivity contribution is 0.0696. The molecule has 0 fully saturated rings. The zero-order chi connectivity index (χ0) is 11.1. The van der Waals surface area contributed by atoms with Crippen molar-refractivity contribution in [2.75, 3.05) is 0 Å². The van der Waals surface area contributed by atoms with Crippen LogP contribution in [0.3, 0.4) is 0 Å². The monoisotopic (exact) mass is 212 g/mol. The second-order valence-corrected chi connectivity index (χ2v) is 3.71. The first-order valence-corrected chi connectivity index (χ1v) is 4.92. The summed E-state index contributed by atoms with van der Waals surface area (Å²) in [6.07, 6.45) is 3.84. The van der Waals surface area contributed by atoms with Gasteiger partial charge in [0.05, 0.1) is 11.3 Å². The van der Waals surface area contributed by atoms with Crippen LogP contribution in [0.4, 0.5) is 0 Å². The van der Waals surface area contributed by atoms with E-state index < -0.39 is 5.97 Å². The molecule has 16 heavy (non-hydrogen) atoms. The highest BCUT2D eigenvalue weighted by atomic mass is 16.4. The summed E-state index contributed by atoms with van der Waals surface area (Å²) in [5, 5.41) is 9.09. The summed E-state index contributed by atoms with van der Waals surface area (Å²) < 4.78 is 0. The molecule has 4 heteroatoms. The number of hydrogen-bond acceptors (Lipinski definition) is 3. The standard InChI is InChI=1S/C12H8N2O2/c15-12(16)9-3-1-2-8-10(9)4-7-5-13-6-14-11(7)8/h1-3,5-6H,4H2,(H,15,16). The van der Waals surface area contributed by atoms with Crippen LogP contribution in [-0.2, 0) is 6.42 Å². The lowest BCUT2D eigenvalue weighted by Crippen LogP contribution is -2.01. The zero-order valence-corrected chi connectivity index (χ0v) is 8.34. The van der Waals surface area contributed by atoms with Gasteiger partial charge in [0.2, 0.25) is 0 Å². The topological polar surface area (TPSA) is 63.1 Å². The first-order chi connectivity index (χ1) is 7.77. The Morgan fingerprint density at radius 2 is 2.25 bits per heavy atom. The van der Waals surface area contributed by atoms with Gasteiger partial charge in [-0.1, -0.05) is 12.1 Å². The molecule has 1 N–H and O–H groups in total. The minimum absolute atomic E-state index is 0.357. The molecule has 0 saturated heterocycles. The quantitative estimate of drug-likeness (QED) is 0.667. The number of carboxylic acids is 1. The highest BCUT2D eigenvalue weighted by Crippen LogP contribution is 2.35. The molecule has 0 atom stereocenters. The average Bonchev–Trinajstić information content (AvgIpc) is 2.67. The van der Waals surface area contributed by atoms with Crippen molar-refractivity contribution in [2.24, 2.45) is 0 Å². The summed E-state index contributed by atoms with van der Waals surface area (Å²) in [7, 11) is 0. The predicted octanol–water partition coefficient (Wildman–Crippen LogP) is 1.75. The van der Waals surface area contributed by atoms with Crippen LogP contribution >= 0.6 is 0 Å². The summed E-state index contributed by atoms with van der Waals surface area (Å²) in [6, 6.07) is 5.28. The molecule has 1 aliphatic carbocycles. The molecule has 0 spiro atoms. The SMILES string of the molecule is O=C(O)c1cccc2c1Cc1cncnc1-2. The lowest BCUT2D eigenvalue weighted by atomic mass is 10.0. The largest absolute Gasteiger partial charge is 0.478 e. The maximum absolute atomic E-state index is 11.1. The van der Waals surface area contributed by atoms with E-state index in [1.807, 2.05) is 6.07 Å². The van der Waals surface area contributed by atoms with E-state index in [0.717, 1.165) is 22.4 Å². The van der Waals surface area contributed by atoms with Gasteiger partial charge < -0.3 is 5.11 Å². The van der Waals surface area contributed by atoms with Gasteiger partial charge in [-0.05, 0) is 11.6 Å². The molecular formula is C12H8N2O2. The van der Waals surface area contributed by atoms with E-state index in [1.165, 1.54) is 6.33 Å². The molecule has 1 heterocycles. The molecule has 78 valence electrons. The number of carboxylic acid groups (broad SMARTS) is 1. The van der Waals surface area contributed by atoms with E-state index in [9.17, 15) is 4.79 Å². The number of aromatic nitrogens is 2. The Balaban J connectivity index is 2.28. The molecule has 0 saturated carbocycles. The molecule has 0 amide bonds. The molecule has 0 unspecified atom stereocenters. The van der Waals surface area contributed by atoms with Crippen LogP contribution in [0.25, 0.3) is 11.3 Å². The number of aromatic carboxylic acids is 1. The Labute approximate surface area is 91.6 Å². The van der Waals surface area contributed by atoms with Crippen molar-refractivity contribution in [3.63, 3.8) is 0 Å². The highest BCUT2D eigenvalue weighted by molar-refractivity contribution is 5.93. The molecular weight excluding hydrogens is 204 g/mol. The molecule has 1 aromatic carbocycles. The van der Waals surface area contributed by atoms with Gasteiger partial charge >= 0.3 is 5.97 Å². The maximum atomic E-state index is 11.1. The van der Waals surface area contributed by atoms with Crippen LogP contribution in [0.15, 0.2) is 30.7 Å². The molecule has 1 aliphatic rings. The second-order valence-electron chi connectivity index (χ2n) is 3.71. The van der Waals surface area contributed by atoms with Crippen molar-refractivity contribution >= 4 is 5.97 Å². The summed E-state index contributed by atoms with van der Waals surface area (Å²) in [5.41, 5.74) is 3.96.